The second-order valence-corrected chi connectivity index (χ2v) is 5.07. The van der Waals surface area contributed by atoms with Gasteiger partial charge in [-0.05, 0) is 37.5 Å². The van der Waals surface area contributed by atoms with E-state index < -0.39 is 0 Å². The number of aliphatic hydroxyl groups excluding tert-OH is 1. The lowest BCUT2D eigenvalue weighted by Crippen LogP contribution is -2.39. The van der Waals surface area contributed by atoms with E-state index in [9.17, 15) is 15.0 Å². The lowest BCUT2D eigenvalue weighted by Gasteiger charge is -2.29. The summed E-state index contributed by atoms with van der Waals surface area (Å²) in [4.78, 5) is 12.0. The first kappa shape index (κ1) is 15.5. The molecule has 1 aromatic rings. The van der Waals surface area contributed by atoms with Crippen molar-refractivity contribution >= 4 is 5.91 Å². The predicted octanol–water partition coefficient (Wildman–Crippen LogP) is 2.23. The molecule has 106 valence electrons. The number of amides is 1. The van der Waals surface area contributed by atoms with Crippen molar-refractivity contribution in [1.82, 2.24) is 5.32 Å². The minimum Gasteiger partial charge on any atom is -0.507 e. The topological polar surface area (TPSA) is 69.6 Å². The highest BCUT2D eigenvalue weighted by Gasteiger charge is 2.26. The van der Waals surface area contributed by atoms with Crippen LogP contribution in [0.3, 0.4) is 0 Å². The molecule has 0 bridgehead atoms. The fourth-order valence-corrected chi connectivity index (χ4v) is 1.98. The number of rotatable bonds is 6. The van der Waals surface area contributed by atoms with Crippen LogP contribution in [0.5, 0.6) is 5.75 Å². The summed E-state index contributed by atoms with van der Waals surface area (Å²) in [5.74, 6) is -0.322. The number of benzene rings is 1. The Hall–Kier alpha value is -1.55. The molecule has 4 nitrogen and oxygen atoms in total. The highest BCUT2D eigenvalue weighted by Crippen LogP contribution is 2.25. The van der Waals surface area contributed by atoms with E-state index in [2.05, 4.69) is 5.32 Å². The van der Waals surface area contributed by atoms with Crippen LogP contribution in [0.4, 0.5) is 0 Å². The Kier molecular flexibility index (Phi) is 5.36. The molecule has 0 heterocycles. The average molecular weight is 265 g/mol. The Balaban J connectivity index is 2.75. The van der Waals surface area contributed by atoms with Crippen molar-refractivity contribution in [3.63, 3.8) is 0 Å². The second kappa shape index (κ2) is 6.57. The molecule has 0 aliphatic heterocycles. The van der Waals surface area contributed by atoms with Crippen molar-refractivity contribution in [1.29, 1.82) is 0 Å². The third-order valence-corrected chi connectivity index (χ3v) is 3.86. The maximum absolute atomic E-state index is 12.0. The van der Waals surface area contributed by atoms with Gasteiger partial charge in [-0.1, -0.05) is 19.9 Å². The number of carbonyl (C=O) groups excluding carboxylic acids is 1. The van der Waals surface area contributed by atoms with Crippen LogP contribution in [0, 0.1) is 12.3 Å². The van der Waals surface area contributed by atoms with Crippen LogP contribution in [0.15, 0.2) is 18.2 Å². The quantitative estimate of drug-likeness (QED) is 0.738. The number of phenols is 1. The molecule has 0 aliphatic carbocycles. The van der Waals surface area contributed by atoms with Crippen molar-refractivity contribution in [2.75, 3.05) is 13.2 Å². The van der Waals surface area contributed by atoms with Gasteiger partial charge in [0.1, 0.15) is 5.75 Å². The number of aromatic hydroxyl groups is 1. The molecule has 0 aliphatic rings. The van der Waals surface area contributed by atoms with Gasteiger partial charge in [0.25, 0.3) is 5.91 Å². The maximum Gasteiger partial charge on any atom is 0.255 e. The highest BCUT2D eigenvalue weighted by atomic mass is 16.3. The standard InChI is InChI=1S/C15H23NO3/c1-4-15(5-2,10-17)9-16-14(19)12-7-6-11(3)8-13(12)18/h6-8,17-18H,4-5,9-10H2,1-3H3,(H,16,19). The van der Waals surface area contributed by atoms with E-state index in [-0.39, 0.29) is 29.2 Å². The minimum atomic E-state index is -0.308. The SMILES string of the molecule is CCC(CC)(CO)CNC(=O)c1ccc(C)cc1O. The van der Waals surface area contributed by atoms with Gasteiger partial charge in [-0.2, -0.15) is 0 Å². The van der Waals surface area contributed by atoms with Crippen molar-refractivity contribution in [3.8, 4) is 5.75 Å². The summed E-state index contributed by atoms with van der Waals surface area (Å²) in [5.41, 5.74) is 0.890. The van der Waals surface area contributed by atoms with Crippen molar-refractivity contribution in [3.05, 3.63) is 29.3 Å². The van der Waals surface area contributed by atoms with Crippen molar-refractivity contribution in [2.45, 2.75) is 33.6 Å². The van der Waals surface area contributed by atoms with Gasteiger partial charge in [-0.3, -0.25) is 4.79 Å². The first-order valence-electron chi connectivity index (χ1n) is 6.66. The Labute approximate surface area is 114 Å². The van der Waals surface area contributed by atoms with E-state index in [0.717, 1.165) is 18.4 Å². The smallest absolute Gasteiger partial charge is 0.255 e. The van der Waals surface area contributed by atoms with Gasteiger partial charge in [0.05, 0.1) is 12.2 Å². The van der Waals surface area contributed by atoms with Gasteiger partial charge in [-0.15, -0.1) is 0 Å². The minimum absolute atomic E-state index is 0.0138. The third kappa shape index (κ3) is 3.70. The summed E-state index contributed by atoms with van der Waals surface area (Å²) in [5, 5.41) is 22.0. The number of aliphatic hydroxyl groups is 1. The number of hydrogen-bond acceptors (Lipinski definition) is 3. The molecular formula is C15H23NO3. The molecule has 3 N–H and O–H groups in total. The van der Waals surface area contributed by atoms with Crippen LogP contribution in [0.25, 0.3) is 0 Å². The summed E-state index contributed by atoms with van der Waals surface area (Å²) in [7, 11) is 0. The molecule has 0 atom stereocenters. The first-order valence-corrected chi connectivity index (χ1v) is 6.66. The molecule has 0 aromatic heterocycles. The Bertz CT molecular complexity index is 431. The van der Waals surface area contributed by atoms with Crippen molar-refractivity contribution < 1.29 is 15.0 Å². The lowest BCUT2D eigenvalue weighted by atomic mass is 9.83. The summed E-state index contributed by atoms with van der Waals surface area (Å²) in [6.07, 6.45) is 1.58. The Morgan fingerprint density at radius 2 is 1.95 bits per heavy atom. The summed E-state index contributed by atoms with van der Waals surface area (Å²) in [6.45, 7) is 6.29. The fraction of sp³-hybridized carbons (Fsp3) is 0.533. The molecule has 1 amide bonds. The number of aryl methyl sites for hydroxylation is 1. The van der Waals surface area contributed by atoms with Crippen LogP contribution in [0.1, 0.15) is 42.6 Å². The summed E-state index contributed by atoms with van der Waals surface area (Å²) < 4.78 is 0. The zero-order valence-electron chi connectivity index (χ0n) is 11.9. The number of hydrogen-bond donors (Lipinski definition) is 3. The van der Waals surface area contributed by atoms with E-state index in [1.165, 1.54) is 0 Å². The first-order chi connectivity index (χ1) is 8.98. The maximum atomic E-state index is 12.0. The Morgan fingerprint density at radius 3 is 2.42 bits per heavy atom. The van der Waals surface area contributed by atoms with Crippen LogP contribution < -0.4 is 5.32 Å². The number of nitrogens with one attached hydrogen (secondary N) is 1. The largest absolute Gasteiger partial charge is 0.507 e. The summed E-state index contributed by atoms with van der Waals surface area (Å²) >= 11 is 0. The highest BCUT2D eigenvalue weighted by molar-refractivity contribution is 5.96. The van der Waals surface area contributed by atoms with E-state index in [4.69, 9.17) is 0 Å². The van der Waals surface area contributed by atoms with Crippen LogP contribution in [0.2, 0.25) is 0 Å². The molecule has 1 aromatic carbocycles. The lowest BCUT2D eigenvalue weighted by molar-refractivity contribution is 0.0849. The molecular weight excluding hydrogens is 242 g/mol. The predicted molar refractivity (Wildman–Crippen MR) is 75.3 cm³/mol. The van der Waals surface area contributed by atoms with E-state index in [0.29, 0.717) is 6.54 Å². The third-order valence-electron chi connectivity index (χ3n) is 3.86. The molecule has 1 rings (SSSR count). The van der Waals surface area contributed by atoms with Gasteiger partial charge < -0.3 is 15.5 Å². The van der Waals surface area contributed by atoms with Gasteiger partial charge in [0.15, 0.2) is 0 Å². The molecule has 0 fully saturated rings. The van der Waals surface area contributed by atoms with Gasteiger partial charge in [-0.25, -0.2) is 0 Å². The second-order valence-electron chi connectivity index (χ2n) is 5.07. The van der Waals surface area contributed by atoms with E-state index in [1.807, 2.05) is 20.8 Å². The number of carbonyl (C=O) groups is 1. The average Bonchev–Trinajstić information content (AvgIpc) is 2.40. The molecule has 0 saturated heterocycles. The van der Waals surface area contributed by atoms with Crippen molar-refractivity contribution in [2.24, 2.45) is 5.41 Å². The van der Waals surface area contributed by atoms with Crippen LogP contribution in [-0.2, 0) is 0 Å². The molecule has 19 heavy (non-hydrogen) atoms. The van der Waals surface area contributed by atoms with Gasteiger partial charge in [0, 0.05) is 12.0 Å². The van der Waals surface area contributed by atoms with Crippen LogP contribution >= 0.6 is 0 Å². The molecule has 0 radical (unpaired) electrons. The zero-order chi connectivity index (χ0) is 14.5. The Morgan fingerprint density at radius 1 is 1.32 bits per heavy atom. The molecule has 0 saturated carbocycles. The summed E-state index contributed by atoms with van der Waals surface area (Å²) in [6, 6.07) is 4.96. The molecule has 0 unspecified atom stereocenters. The number of phenolic OH excluding ortho intramolecular Hbond substituents is 1. The normalized spacial score (nSPS) is 11.4. The molecule has 4 heteroatoms. The van der Waals surface area contributed by atoms with Gasteiger partial charge in [0.2, 0.25) is 0 Å². The van der Waals surface area contributed by atoms with E-state index in [1.54, 1.807) is 18.2 Å². The fourth-order valence-electron chi connectivity index (χ4n) is 1.98. The van der Waals surface area contributed by atoms with Gasteiger partial charge >= 0.3 is 0 Å². The van der Waals surface area contributed by atoms with E-state index >= 15 is 0 Å². The molecule has 0 spiro atoms. The zero-order valence-corrected chi connectivity index (χ0v) is 11.9. The monoisotopic (exact) mass is 265 g/mol. The van der Waals surface area contributed by atoms with Crippen LogP contribution in [-0.4, -0.2) is 29.3 Å².